The second kappa shape index (κ2) is 9.08. The summed E-state index contributed by atoms with van der Waals surface area (Å²) in [6.45, 7) is 7.98. The standard InChI is InChI=1S/C24H27IN2S/c1-18-15-27(19(2)14-26(18)16-20-7-6-10-23(25)13-20)24(22-11-12-28-17-22)21-8-4-3-5-9-21/h3-13,17-19,24H,14-16H2,1-2H3/t18-,19+,24+/m1/s1. The SMILES string of the molecule is C[C@@H]1CN([C@@H](c2ccccc2)c2ccsc2)[C@@H](C)CN1Cc1cccc(I)c1. The van der Waals surface area contributed by atoms with Gasteiger partial charge in [-0.25, -0.2) is 0 Å². The Bertz CT molecular complexity index is 881. The van der Waals surface area contributed by atoms with Crippen LogP contribution >= 0.6 is 33.9 Å². The summed E-state index contributed by atoms with van der Waals surface area (Å²) in [4.78, 5) is 5.34. The van der Waals surface area contributed by atoms with Gasteiger partial charge in [0.05, 0.1) is 6.04 Å². The number of benzene rings is 2. The maximum Gasteiger partial charge on any atom is 0.0613 e. The highest BCUT2D eigenvalue weighted by molar-refractivity contribution is 14.1. The first kappa shape index (κ1) is 20.1. The summed E-state index contributed by atoms with van der Waals surface area (Å²) in [6.07, 6.45) is 0. The van der Waals surface area contributed by atoms with Gasteiger partial charge in [0.1, 0.15) is 0 Å². The van der Waals surface area contributed by atoms with Gasteiger partial charge in [-0.15, -0.1) is 0 Å². The fraction of sp³-hybridized carbons (Fsp3) is 0.333. The topological polar surface area (TPSA) is 6.48 Å². The molecule has 4 heteroatoms. The van der Waals surface area contributed by atoms with Gasteiger partial charge in [-0.3, -0.25) is 9.80 Å². The molecule has 0 amide bonds. The van der Waals surface area contributed by atoms with E-state index in [1.807, 2.05) is 0 Å². The minimum absolute atomic E-state index is 0.338. The molecule has 2 heterocycles. The van der Waals surface area contributed by atoms with Crippen molar-refractivity contribution in [2.24, 2.45) is 0 Å². The Morgan fingerprint density at radius 2 is 1.79 bits per heavy atom. The van der Waals surface area contributed by atoms with E-state index in [0.29, 0.717) is 18.1 Å². The van der Waals surface area contributed by atoms with Gasteiger partial charge in [0, 0.05) is 35.3 Å². The number of hydrogen-bond donors (Lipinski definition) is 0. The molecule has 1 saturated heterocycles. The summed E-state index contributed by atoms with van der Waals surface area (Å²) in [7, 11) is 0. The molecule has 28 heavy (non-hydrogen) atoms. The molecule has 0 radical (unpaired) electrons. The molecule has 1 fully saturated rings. The summed E-state index contributed by atoms with van der Waals surface area (Å²) in [5.41, 5.74) is 4.23. The molecular formula is C24H27IN2S. The molecule has 0 bridgehead atoms. The Hall–Kier alpha value is -1.21. The van der Waals surface area contributed by atoms with Crippen LogP contribution < -0.4 is 0 Å². The molecule has 0 spiro atoms. The molecule has 2 aromatic carbocycles. The van der Waals surface area contributed by atoms with Crippen LogP contribution in [0.5, 0.6) is 0 Å². The quantitative estimate of drug-likeness (QED) is 0.393. The van der Waals surface area contributed by atoms with Crippen LogP contribution in [0.25, 0.3) is 0 Å². The second-order valence-corrected chi connectivity index (χ2v) is 9.85. The highest BCUT2D eigenvalue weighted by Crippen LogP contribution is 2.34. The van der Waals surface area contributed by atoms with Crippen LogP contribution in [-0.2, 0) is 6.54 Å². The molecule has 0 aliphatic carbocycles. The highest BCUT2D eigenvalue weighted by Gasteiger charge is 2.34. The van der Waals surface area contributed by atoms with Crippen molar-refractivity contribution >= 4 is 33.9 Å². The largest absolute Gasteiger partial charge is 0.294 e. The maximum absolute atomic E-state index is 2.70. The van der Waals surface area contributed by atoms with Gasteiger partial charge in [0.15, 0.2) is 0 Å². The number of halogens is 1. The summed E-state index contributed by atoms with van der Waals surface area (Å²) in [5, 5.41) is 4.51. The average molecular weight is 502 g/mol. The van der Waals surface area contributed by atoms with Crippen LogP contribution in [0.3, 0.4) is 0 Å². The molecule has 0 saturated carbocycles. The third kappa shape index (κ3) is 4.51. The minimum Gasteiger partial charge on any atom is -0.294 e. The Balaban J connectivity index is 1.55. The van der Waals surface area contributed by atoms with E-state index in [1.165, 1.54) is 20.3 Å². The molecule has 1 aliphatic rings. The number of piperazine rings is 1. The molecule has 0 unspecified atom stereocenters. The fourth-order valence-electron chi connectivity index (χ4n) is 4.32. The molecule has 3 aromatic rings. The van der Waals surface area contributed by atoms with E-state index in [1.54, 1.807) is 11.3 Å². The van der Waals surface area contributed by atoms with Crippen LogP contribution in [0.2, 0.25) is 0 Å². The average Bonchev–Trinajstić information content (AvgIpc) is 3.21. The fourth-order valence-corrected chi connectivity index (χ4v) is 5.60. The molecule has 4 rings (SSSR count). The molecule has 1 aromatic heterocycles. The van der Waals surface area contributed by atoms with Gasteiger partial charge in [-0.05, 0) is 82.1 Å². The zero-order valence-electron chi connectivity index (χ0n) is 16.5. The predicted molar refractivity (Wildman–Crippen MR) is 128 cm³/mol. The lowest BCUT2D eigenvalue weighted by Crippen LogP contribution is -2.56. The zero-order valence-corrected chi connectivity index (χ0v) is 19.4. The Morgan fingerprint density at radius 3 is 2.50 bits per heavy atom. The normalized spacial score (nSPS) is 22.2. The van der Waals surface area contributed by atoms with Crippen molar-refractivity contribution < 1.29 is 0 Å². The summed E-state index contributed by atoms with van der Waals surface area (Å²) in [6, 6.07) is 23.5. The van der Waals surface area contributed by atoms with Crippen molar-refractivity contribution in [1.29, 1.82) is 0 Å². The summed E-state index contributed by atoms with van der Waals surface area (Å²) >= 11 is 4.20. The smallest absolute Gasteiger partial charge is 0.0613 e. The van der Waals surface area contributed by atoms with E-state index in [-0.39, 0.29) is 0 Å². The van der Waals surface area contributed by atoms with Crippen LogP contribution in [-0.4, -0.2) is 35.0 Å². The third-order valence-electron chi connectivity index (χ3n) is 5.74. The van der Waals surface area contributed by atoms with Crippen LogP contribution in [0, 0.1) is 3.57 Å². The minimum atomic E-state index is 0.338. The van der Waals surface area contributed by atoms with E-state index < -0.39 is 0 Å². The summed E-state index contributed by atoms with van der Waals surface area (Å²) < 4.78 is 1.32. The molecule has 0 N–H and O–H groups in total. The van der Waals surface area contributed by atoms with Crippen molar-refractivity contribution in [2.45, 2.75) is 38.5 Å². The molecule has 146 valence electrons. The first-order chi connectivity index (χ1) is 13.6. The first-order valence-corrected chi connectivity index (χ1v) is 12.0. The van der Waals surface area contributed by atoms with Crippen molar-refractivity contribution in [3.8, 4) is 0 Å². The van der Waals surface area contributed by atoms with Crippen molar-refractivity contribution in [1.82, 2.24) is 9.80 Å². The first-order valence-electron chi connectivity index (χ1n) is 9.93. The third-order valence-corrected chi connectivity index (χ3v) is 7.12. The number of hydrogen-bond acceptors (Lipinski definition) is 3. The van der Waals surface area contributed by atoms with Crippen LogP contribution in [0.4, 0.5) is 0 Å². The molecule has 3 atom stereocenters. The van der Waals surface area contributed by atoms with Crippen LogP contribution in [0.1, 0.15) is 36.6 Å². The van der Waals surface area contributed by atoms with Gasteiger partial charge in [0.2, 0.25) is 0 Å². The van der Waals surface area contributed by atoms with E-state index >= 15 is 0 Å². The van der Waals surface area contributed by atoms with E-state index in [9.17, 15) is 0 Å². The molecular weight excluding hydrogens is 475 g/mol. The maximum atomic E-state index is 2.70. The van der Waals surface area contributed by atoms with Crippen molar-refractivity contribution in [3.05, 3.63) is 91.7 Å². The Kier molecular flexibility index (Phi) is 6.51. The lowest BCUT2D eigenvalue weighted by atomic mass is 9.95. The summed E-state index contributed by atoms with van der Waals surface area (Å²) in [5.74, 6) is 0. The second-order valence-electron chi connectivity index (χ2n) is 7.82. The van der Waals surface area contributed by atoms with Gasteiger partial charge < -0.3 is 0 Å². The Morgan fingerprint density at radius 1 is 0.964 bits per heavy atom. The van der Waals surface area contributed by atoms with Gasteiger partial charge >= 0.3 is 0 Å². The highest BCUT2D eigenvalue weighted by atomic mass is 127. The van der Waals surface area contributed by atoms with Gasteiger partial charge in [-0.2, -0.15) is 11.3 Å². The predicted octanol–water partition coefficient (Wildman–Crippen LogP) is 6.04. The van der Waals surface area contributed by atoms with Crippen molar-refractivity contribution in [2.75, 3.05) is 13.1 Å². The van der Waals surface area contributed by atoms with Gasteiger partial charge in [0.25, 0.3) is 0 Å². The number of nitrogens with zero attached hydrogens (tertiary/aromatic N) is 2. The molecule has 1 aliphatic heterocycles. The van der Waals surface area contributed by atoms with Crippen LogP contribution in [0.15, 0.2) is 71.4 Å². The number of thiophene rings is 1. The van der Waals surface area contributed by atoms with Gasteiger partial charge in [-0.1, -0.05) is 42.5 Å². The number of rotatable bonds is 5. The van der Waals surface area contributed by atoms with E-state index in [4.69, 9.17) is 0 Å². The lowest BCUT2D eigenvalue weighted by molar-refractivity contribution is 0.0196. The lowest BCUT2D eigenvalue weighted by Gasteiger charge is -2.47. The van der Waals surface area contributed by atoms with Crippen molar-refractivity contribution in [3.63, 3.8) is 0 Å². The zero-order chi connectivity index (χ0) is 19.5. The van der Waals surface area contributed by atoms with E-state index in [0.717, 1.165) is 19.6 Å². The Labute approximate surface area is 186 Å². The monoisotopic (exact) mass is 502 g/mol. The molecule has 2 nitrogen and oxygen atoms in total. The van der Waals surface area contributed by atoms with E-state index in [2.05, 4.69) is 118 Å².